The molecule has 0 heterocycles. The van der Waals surface area contributed by atoms with Crippen LogP contribution in [0.3, 0.4) is 0 Å². The Balaban J connectivity index is 0. The van der Waals surface area contributed by atoms with Gasteiger partial charge >= 0.3 is 0 Å². The van der Waals surface area contributed by atoms with Gasteiger partial charge in [0.05, 0.1) is 0 Å². The van der Waals surface area contributed by atoms with E-state index < -0.39 is 0 Å². The minimum Gasteiger partial charge on any atom is -0.396 e. The van der Waals surface area contributed by atoms with Crippen LogP contribution in [0.1, 0.15) is 47.0 Å². The highest BCUT2D eigenvalue weighted by molar-refractivity contribution is 14.0. The van der Waals surface area contributed by atoms with Crippen molar-refractivity contribution in [3.8, 4) is 0 Å². The Morgan fingerprint density at radius 3 is 2.50 bits per heavy atom. The van der Waals surface area contributed by atoms with Gasteiger partial charge in [0.2, 0.25) is 0 Å². The zero-order valence-electron chi connectivity index (χ0n) is 14.7. The first-order valence-electron chi connectivity index (χ1n) is 8.34. The highest BCUT2D eigenvalue weighted by atomic mass is 127. The minimum atomic E-state index is 0. The van der Waals surface area contributed by atoms with Crippen LogP contribution >= 0.6 is 24.0 Å². The topological polar surface area (TPSA) is 65.9 Å². The van der Waals surface area contributed by atoms with Gasteiger partial charge in [-0.1, -0.05) is 13.8 Å². The fourth-order valence-electron chi connectivity index (χ4n) is 2.22. The normalized spacial score (nSPS) is 12.9. The van der Waals surface area contributed by atoms with Crippen molar-refractivity contribution < 1.29 is 9.84 Å². The monoisotopic (exact) mass is 429 g/mol. The molecule has 0 amide bonds. The highest BCUT2D eigenvalue weighted by Gasteiger charge is 2.10. The number of nitrogens with zero attached hydrogens (tertiary/aromatic N) is 1. The predicted molar refractivity (Wildman–Crippen MR) is 105 cm³/mol. The Bertz CT molecular complexity index is 264. The molecule has 1 atom stereocenters. The third kappa shape index (κ3) is 14.8. The summed E-state index contributed by atoms with van der Waals surface area (Å²) in [6, 6.07) is 0. The number of aliphatic hydroxyl groups is 1. The lowest BCUT2D eigenvalue weighted by Crippen LogP contribution is -2.38. The standard InChI is InChI=1S/C16H35N3O2.HI/c1-5-17-16(18-9-7-11-21-6-2)19-13-15(8-10-20)12-14(3)4;/h14-15,20H,5-13H2,1-4H3,(H2,17,18,19);1H. The van der Waals surface area contributed by atoms with Crippen LogP contribution in [-0.4, -0.2) is 50.5 Å². The first-order chi connectivity index (χ1) is 10.1. The van der Waals surface area contributed by atoms with Crippen LogP contribution in [0.25, 0.3) is 0 Å². The van der Waals surface area contributed by atoms with Crippen LogP contribution < -0.4 is 10.6 Å². The second-order valence-corrected chi connectivity index (χ2v) is 5.70. The molecule has 6 heteroatoms. The van der Waals surface area contributed by atoms with Crippen molar-refractivity contribution in [2.24, 2.45) is 16.8 Å². The quantitative estimate of drug-likeness (QED) is 0.193. The van der Waals surface area contributed by atoms with Crippen molar-refractivity contribution in [2.75, 3.05) is 39.5 Å². The van der Waals surface area contributed by atoms with E-state index in [4.69, 9.17) is 9.84 Å². The Morgan fingerprint density at radius 1 is 1.23 bits per heavy atom. The van der Waals surface area contributed by atoms with Gasteiger partial charge in [-0.15, -0.1) is 24.0 Å². The molecule has 0 saturated carbocycles. The summed E-state index contributed by atoms with van der Waals surface area (Å²) in [5, 5.41) is 15.7. The molecule has 0 aromatic carbocycles. The lowest BCUT2D eigenvalue weighted by molar-refractivity contribution is 0.145. The molecule has 0 spiro atoms. The van der Waals surface area contributed by atoms with E-state index in [-0.39, 0.29) is 30.6 Å². The van der Waals surface area contributed by atoms with Crippen LogP contribution in [0.4, 0.5) is 0 Å². The van der Waals surface area contributed by atoms with Gasteiger partial charge in [0.1, 0.15) is 0 Å². The summed E-state index contributed by atoms with van der Waals surface area (Å²) in [7, 11) is 0. The number of aliphatic imine (C=N–C) groups is 1. The number of hydrogen-bond donors (Lipinski definition) is 3. The van der Waals surface area contributed by atoms with Gasteiger partial charge in [-0.05, 0) is 44.9 Å². The Kier molecular flexibility index (Phi) is 19.0. The molecule has 0 aliphatic rings. The first kappa shape index (κ1) is 24.2. The molecule has 5 nitrogen and oxygen atoms in total. The fraction of sp³-hybridized carbons (Fsp3) is 0.938. The smallest absolute Gasteiger partial charge is 0.191 e. The minimum absolute atomic E-state index is 0. The zero-order chi connectivity index (χ0) is 15.9. The lowest BCUT2D eigenvalue weighted by Gasteiger charge is -2.17. The SMILES string of the molecule is CCNC(=NCC(CCO)CC(C)C)NCCCOCC.I. The Labute approximate surface area is 153 Å². The van der Waals surface area contributed by atoms with E-state index in [1.165, 1.54) is 0 Å². The maximum absolute atomic E-state index is 9.15. The average Bonchev–Trinajstić information content (AvgIpc) is 2.43. The van der Waals surface area contributed by atoms with Crippen molar-refractivity contribution in [2.45, 2.75) is 47.0 Å². The molecule has 22 heavy (non-hydrogen) atoms. The average molecular weight is 429 g/mol. The van der Waals surface area contributed by atoms with Crippen molar-refractivity contribution in [3.63, 3.8) is 0 Å². The summed E-state index contributed by atoms with van der Waals surface area (Å²) in [5.41, 5.74) is 0. The van der Waals surface area contributed by atoms with Gasteiger partial charge in [-0.2, -0.15) is 0 Å². The first-order valence-corrected chi connectivity index (χ1v) is 8.34. The number of aliphatic hydroxyl groups excluding tert-OH is 1. The maximum atomic E-state index is 9.15. The summed E-state index contributed by atoms with van der Waals surface area (Å²) >= 11 is 0. The number of guanidine groups is 1. The van der Waals surface area contributed by atoms with Crippen LogP contribution in [0.15, 0.2) is 4.99 Å². The molecule has 0 fully saturated rings. The van der Waals surface area contributed by atoms with Gasteiger partial charge in [0.25, 0.3) is 0 Å². The van der Waals surface area contributed by atoms with E-state index in [1.807, 2.05) is 6.92 Å². The number of hydrogen-bond acceptors (Lipinski definition) is 3. The van der Waals surface area contributed by atoms with Gasteiger partial charge in [-0.25, -0.2) is 0 Å². The molecule has 0 aliphatic carbocycles. The van der Waals surface area contributed by atoms with Crippen LogP contribution in [0.2, 0.25) is 0 Å². The molecule has 0 rings (SSSR count). The van der Waals surface area contributed by atoms with Crippen LogP contribution in [-0.2, 0) is 4.74 Å². The van der Waals surface area contributed by atoms with E-state index in [2.05, 4.69) is 36.4 Å². The van der Waals surface area contributed by atoms with E-state index in [1.54, 1.807) is 0 Å². The van der Waals surface area contributed by atoms with Gasteiger partial charge in [-0.3, -0.25) is 4.99 Å². The summed E-state index contributed by atoms with van der Waals surface area (Å²) in [6.45, 7) is 12.8. The second-order valence-electron chi connectivity index (χ2n) is 5.70. The molecule has 0 aromatic rings. The van der Waals surface area contributed by atoms with Gasteiger partial charge in [0.15, 0.2) is 5.96 Å². The summed E-state index contributed by atoms with van der Waals surface area (Å²) in [4.78, 5) is 4.65. The molecule has 1 unspecified atom stereocenters. The second kappa shape index (κ2) is 17.3. The Hall–Kier alpha value is -0.0800. The van der Waals surface area contributed by atoms with Gasteiger partial charge in [0, 0.05) is 39.5 Å². The van der Waals surface area contributed by atoms with Crippen molar-refractivity contribution in [1.29, 1.82) is 0 Å². The zero-order valence-corrected chi connectivity index (χ0v) is 17.1. The molecule has 3 N–H and O–H groups in total. The molecule has 0 aliphatic heterocycles. The molecule has 0 aromatic heterocycles. The number of halogens is 1. The van der Waals surface area contributed by atoms with Crippen LogP contribution in [0, 0.1) is 11.8 Å². The Morgan fingerprint density at radius 2 is 1.95 bits per heavy atom. The third-order valence-electron chi connectivity index (χ3n) is 3.16. The largest absolute Gasteiger partial charge is 0.396 e. The number of ether oxygens (including phenoxy) is 1. The van der Waals surface area contributed by atoms with Crippen molar-refractivity contribution in [3.05, 3.63) is 0 Å². The summed E-state index contributed by atoms with van der Waals surface area (Å²) in [5.74, 6) is 1.95. The molecular weight excluding hydrogens is 393 g/mol. The number of rotatable bonds is 12. The molecular formula is C16H36IN3O2. The van der Waals surface area contributed by atoms with Gasteiger partial charge < -0.3 is 20.5 Å². The highest BCUT2D eigenvalue weighted by Crippen LogP contribution is 2.15. The van der Waals surface area contributed by atoms with Crippen molar-refractivity contribution >= 4 is 29.9 Å². The third-order valence-corrected chi connectivity index (χ3v) is 3.16. The molecule has 0 saturated heterocycles. The predicted octanol–water partition coefficient (Wildman–Crippen LogP) is 2.63. The van der Waals surface area contributed by atoms with E-state index in [9.17, 15) is 0 Å². The lowest BCUT2D eigenvalue weighted by atomic mass is 9.94. The van der Waals surface area contributed by atoms with Crippen molar-refractivity contribution in [1.82, 2.24) is 10.6 Å². The molecule has 0 bridgehead atoms. The van der Waals surface area contributed by atoms with E-state index >= 15 is 0 Å². The fourth-order valence-corrected chi connectivity index (χ4v) is 2.22. The maximum Gasteiger partial charge on any atom is 0.191 e. The van der Waals surface area contributed by atoms with E-state index in [0.29, 0.717) is 11.8 Å². The van der Waals surface area contributed by atoms with E-state index in [0.717, 1.165) is 58.1 Å². The molecule has 134 valence electrons. The van der Waals surface area contributed by atoms with Crippen LogP contribution in [0.5, 0.6) is 0 Å². The molecule has 0 radical (unpaired) electrons. The summed E-state index contributed by atoms with van der Waals surface area (Å²) < 4.78 is 5.32. The number of nitrogens with one attached hydrogen (secondary N) is 2. The summed E-state index contributed by atoms with van der Waals surface area (Å²) in [6.07, 6.45) is 2.91.